The summed E-state index contributed by atoms with van der Waals surface area (Å²) < 4.78 is 51.7. The van der Waals surface area contributed by atoms with Gasteiger partial charge in [-0.05, 0) is 45.2 Å². The lowest BCUT2D eigenvalue weighted by molar-refractivity contribution is 0.00578. The molecule has 0 aliphatic carbocycles. The van der Waals surface area contributed by atoms with Crippen LogP contribution in [-0.4, -0.2) is 28.3 Å². The number of rotatable bonds is 1. The van der Waals surface area contributed by atoms with Crippen LogP contribution >= 0.6 is 0 Å². The molecule has 1 aromatic carbocycles. The number of benzene rings is 1. The minimum absolute atomic E-state index is 0.00159. The lowest BCUT2D eigenvalue weighted by atomic mass is 9.79. The summed E-state index contributed by atoms with van der Waals surface area (Å²) in [6, 6.07) is -0.658. The maximum atomic E-state index is 8.36. The first kappa shape index (κ1) is 7.97. The van der Waals surface area contributed by atoms with E-state index in [9.17, 15) is 0 Å². The second-order valence-electron chi connectivity index (χ2n) is 5.52. The van der Waals surface area contributed by atoms with E-state index in [4.69, 9.17) is 16.2 Å². The quantitative estimate of drug-likeness (QED) is 0.736. The van der Waals surface area contributed by atoms with Gasteiger partial charge in [0.15, 0.2) is 0 Å². The lowest BCUT2D eigenvalue weighted by Crippen LogP contribution is -2.41. The van der Waals surface area contributed by atoms with E-state index >= 15 is 0 Å². The molecule has 3 rings (SSSR count). The third-order valence-corrected chi connectivity index (χ3v) is 3.67. The topological polar surface area (TPSA) is 44.2 Å². The van der Waals surface area contributed by atoms with E-state index in [0.29, 0.717) is 0 Å². The SMILES string of the molecule is [2H]c1nc2c([2H])c([2H])c(B3OC(C)(C)C(C)(C)O3)c([2H])c2nc1[2H]. The summed E-state index contributed by atoms with van der Waals surface area (Å²) in [4.78, 5) is 7.72. The highest BCUT2D eigenvalue weighted by Gasteiger charge is 2.51. The summed E-state index contributed by atoms with van der Waals surface area (Å²) in [7, 11) is -0.977. The average Bonchev–Trinajstić information content (AvgIpc) is 2.67. The van der Waals surface area contributed by atoms with E-state index in [2.05, 4.69) is 9.97 Å². The van der Waals surface area contributed by atoms with E-state index in [1.165, 1.54) is 0 Å². The molecule has 0 N–H and O–H groups in total. The molecule has 1 aliphatic rings. The van der Waals surface area contributed by atoms with Crippen LogP contribution in [0.1, 0.15) is 34.5 Å². The predicted octanol–water partition coefficient (Wildman–Crippen LogP) is 1.93. The Hall–Kier alpha value is -1.46. The van der Waals surface area contributed by atoms with Crippen molar-refractivity contribution in [2.45, 2.75) is 38.9 Å². The van der Waals surface area contributed by atoms with Crippen LogP contribution < -0.4 is 5.46 Å². The fourth-order valence-electron chi connectivity index (χ4n) is 1.81. The standard InChI is InChI=1S/C14H17BN2O2/c1-13(2)14(3,4)19-15(18-13)10-5-6-11-12(9-10)17-8-7-16-11/h5-9H,1-4H3/i5D,6D,7D,8D,9D. The zero-order valence-electron chi connectivity index (χ0n) is 16.3. The molecule has 19 heavy (non-hydrogen) atoms. The minimum Gasteiger partial charge on any atom is -0.399 e. The van der Waals surface area contributed by atoms with Gasteiger partial charge in [0.2, 0.25) is 0 Å². The molecule has 0 spiro atoms. The van der Waals surface area contributed by atoms with Crippen LogP contribution in [0.15, 0.2) is 30.5 Å². The Kier molecular flexibility index (Phi) is 1.69. The number of hydrogen-bond donors (Lipinski definition) is 0. The maximum Gasteiger partial charge on any atom is 0.494 e. The first-order valence-corrected chi connectivity index (χ1v) is 6.06. The molecule has 98 valence electrons. The summed E-state index contributed by atoms with van der Waals surface area (Å²) in [6.45, 7) is 7.43. The third-order valence-electron chi connectivity index (χ3n) is 3.67. The van der Waals surface area contributed by atoms with Gasteiger partial charge in [0, 0.05) is 12.3 Å². The van der Waals surface area contributed by atoms with Gasteiger partial charge in [-0.25, -0.2) is 0 Å². The molecule has 1 aromatic heterocycles. The van der Waals surface area contributed by atoms with Crippen LogP contribution in [0.2, 0.25) is 0 Å². The zero-order valence-corrected chi connectivity index (χ0v) is 11.3. The first-order chi connectivity index (χ1) is 11.0. The van der Waals surface area contributed by atoms with E-state index in [0.717, 1.165) is 0 Å². The molecule has 0 saturated carbocycles. The van der Waals surface area contributed by atoms with Gasteiger partial charge in [0.1, 0.15) is 0 Å². The molecule has 2 aromatic rings. The summed E-state index contributed by atoms with van der Waals surface area (Å²) in [5.74, 6) is 0. The van der Waals surface area contributed by atoms with Gasteiger partial charge >= 0.3 is 7.12 Å². The Labute approximate surface area is 120 Å². The van der Waals surface area contributed by atoms with E-state index in [1.54, 1.807) is 0 Å². The second kappa shape index (κ2) is 4.02. The van der Waals surface area contributed by atoms with Crippen LogP contribution in [0.4, 0.5) is 0 Å². The van der Waals surface area contributed by atoms with Gasteiger partial charge in [0.25, 0.3) is 0 Å². The Morgan fingerprint density at radius 3 is 2.21 bits per heavy atom. The van der Waals surface area contributed by atoms with E-state index in [1.807, 2.05) is 27.7 Å². The lowest BCUT2D eigenvalue weighted by Gasteiger charge is -2.32. The molecule has 0 bridgehead atoms. The molecular formula is C14H17BN2O2. The third kappa shape index (κ3) is 2.03. The number of aromatic nitrogens is 2. The van der Waals surface area contributed by atoms with Crippen molar-refractivity contribution in [2.75, 3.05) is 0 Å². The summed E-state index contributed by atoms with van der Waals surface area (Å²) in [6.07, 6.45) is -0.772. The van der Waals surface area contributed by atoms with Gasteiger partial charge < -0.3 is 9.31 Å². The Bertz CT molecular complexity index is 843. The fraction of sp³-hybridized carbons (Fsp3) is 0.429. The van der Waals surface area contributed by atoms with Gasteiger partial charge in [-0.3, -0.25) is 9.97 Å². The van der Waals surface area contributed by atoms with Crippen LogP contribution in [0, 0.1) is 0 Å². The number of hydrogen-bond acceptors (Lipinski definition) is 4. The molecule has 4 nitrogen and oxygen atoms in total. The molecule has 5 heteroatoms. The predicted molar refractivity (Wildman–Crippen MR) is 75.3 cm³/mol. The van der Waals surface area contributed by atoms with Crippen LogP contribution in [0.25, 0.3) is 11.0 Å². The molecule has 2 heterocycles. The highest BCUT2D eigenvalue weighted by atomic mass is 16.7. The van der Waals surface area contributed by atoms with Crippen LogP contribution in [0.5, 0.6) is 0 Å². The van der Waals surface area contributed by atoms with Gasteiger partial charge in [-0.15, -0.1) is 0 Å². The smallest absolute Gasteiger partial charge is 0.399 e. The van der Waals surface area contributed by atoms with Crippen molar-refractivity contribution in [3.63, 3.8) is 0 Å². The monoisotopic (exact) mass is 261 g/mol. The Balaban J connectivity index is 2.25. The molecular weight excluding hydrogens is 239 g/mol. The molecule has 0 radical (unpaired) electrons. The van der Waals surface area contributed by atoms with Crippen molar-refractivity contribution in [3.8, 4) is 0 Å². The van der Waals surface area contributed by atoms with Crippen molar-refractivity contribution in [1.82, 2.24) is 9.97 Å². The number of nitrogens with zero attached hydrogens (tertiary/aromatic N) is 2. The van der Waals surface area contributed by atoms with Gasteiger partial charge in [-0.1, -0.05) is 6.04 Å². The average molecular weight is 261 g/mol. The van der Waals surface area contributed by atoms with Gasteiger partial charge in [0.05, 0.1) is 29.1 Å². The Morgan fingerprint density at radius 2 is 1.58 bits per heavy atom. The van der Waals surface area contributed by atoms with E-state index < -0.39 is 24.5 Å². The van der Waals surface area contributed by atoms with Crippen molar-refractivity contribution in [1.29, 1.82) is 0 Å². The highest BCUT2D eigenvalue weighted by Crippen LogP contribution is 2.36. The van der Waals surface area contributed by atoms with E-state index in [-0.39, 0.29) is 40.8 Å². The molecule has 0 amide bonds. The van der Waals surface area contributed by atoms with Crippen LogP contribution in [-0.2, 0) is 9.31 Å². The summed E-state index contributed by atoms with van der Waals surface area (Å²) in [5, 5.41) is 0. The first-order valence-electron chi connectivity index (χ1n) is 8.56. The second-order valence-corrected chi connectivity index (χ2v) is 5.52. The summed E-state index contributed by atoms with van der Waals surface area (Å²) in [5.41, 5.74) is -1.23. The Morgan fingerprint density at radius 1 is 1.00 bits per heavy atom. The van der Waals surface area contributed by atoms with Crippen molar-refractivity contribution >= 4 is 23.6 Å². The van der Waals surface area contributed by atoms with Crippen molar-refractivity contribution in [2.24, 2.45) is 0 Å². The largest absolute Gasteiger partial charge is 0.494 e. The molecule has 1 aliphatic heterocycles. The fourth-order valence-corrected chi connectivity index (χ4v) is 1.81. The van der Waals surface area contributed by atoms with Crippen molar-refractivity contribution < 1.29 is 16.2 Å². The maximum absolute atomic E-state index is 8.36. The normalized spacial score (nSPS) is 24.6. The van der Waals surface area contributed by atoms with Crippen molar-refractivity contribution in [3.05, 3.63) is 30.5 Å². The van der Waals surface area contributed by atoms with Crippen LogP contribution in [0.3, 0.4) is 0 Å². The molecule has 1 fully saturated rings. The molecule has 0 unspecified atom stereocenters. The highest BCUT2D eigenvalue weighted by molar-refractivity contribution is 6.62. The van der Waals surface area contributed by atoms with Gasteiger partial charge in [-0.2, -0.15) is 0 Å². The number of fused-ring (bicyclic) bond motifs is 1. The molecule has 0 atom stereocenters. The minimum atomic E-state index is -0.977. The summed E-state index contributed by atoms with van der Waals surface area (Å²) >= 11 is 0. The zero-order chi connectivity index (χ0) is 18.0. The molecule has 1 saturated heterocycles.